The number of hydrogen-bond acceptors (Lipinski definition) is 2. The highest BCUT2D eigenvalue weighted by Gasteiger charge is 2.13. The van der Waals surface area contributed by atoms with Crippen LogP contribution in [-0.4, -0.2) is 15.6 Å². The summed E-state index contributed by atoms with van der Waals surface area (Å²) in [6.45, 7) is -0.874. The van der Waals surface area contributed by atoms with Crippen molar-refractivity contribution in [2.24, 2.45) is 0 Å². The first-order valence-electron chi connectivity index (χ1n) is 4.56. The smallest absolute Gasteiger partial charge is 0.341 e. The Morgan fingerprint density at radius 3 is 2.69 bits per heavy atom. The molecule has 82 valence electrons. The van der Waals surface area contributed by atoms with Crippen molar-refractivity contribution in [2.45, 2.75) is 6.80 Å². The maximum absolute atomic E-state index is 12.7. The third kappa shape index (κ3) is 1.46. The Hall–Kier alpha value is -2.17. The first-order chi connectivity index (χ1) is 7.65. The number of halogens is 1. The van der Waals surface area contributed by atoms with Crippen LogP contribution >= 0.6 is 0 Å². The maximum Gasteiger partial charge on any atom is 0.341 e. The number of para-hydroxylation sites is 1. The number of rotatable bonds is 2. The zero-order valence-electron chi connectivity index (χ0n) is 8.18. The minimum atomic E-state index is -1.35. The predicted molar refractivity (Wildman–Crippen MR) is 56.3 cm³/mol. The first-order valence-corrected chi connectivity index (χ1v) is 4.56. The van der Waals surface area contributed by atoms with Crippen molar-refractivity contribution in [3.05, 3.63) is 46.2 Å². The van der Waals surface area contributed by atoms with Crippen molar-refractivity contribution in [3.8, 4) is 0 Å². The number of carbonyl (C=O) groups is 1. The summed E-state index contributed by atoms with van der Waals surface area (Å²) in [6, 6.07) is 6.32. The topological polar surface area (TPSA) is 59.3 Å². The van der Waals surface area contributed by atoms with E-state index in [-0.39, 0.29) is 5.39 Å². The van der Waals surface area contributed by atoms with Crippen molar-refractivity contribution < 1.29 is 14.3 Å². The van der Waals surface area contributed by atoms with Crippen LogP contribution in [-0.2, 0) is 6.80 Å². The Labute approximate surface area is 89.6 Å². The molecule has 0 aliphatic rings. The lowest BCUT2D eigenvalue weighted by Gasteiger charge is -2.07. The van der Waals surface area contributed by atoms with E-state index in [2.05, 4.69) is 0 Å². The second kappa shape index (κ2) is 3.77. The van der Waals surface area contributed by atoms with E-state index in [9.17, 15) is 14.0 Å². The van der Waals surface area contributed by atoms with Gasteiger partial charge in [-0.15, -0.1) is 0 Å². The lowest BCUT2D eigenvalue weighted by atomic mass is 10.1. The van der Waals surface area contributed by atoms with Crippen LogP contribution in [0.15, 0.2) is 35.3 Å². The minimum Gasteiger partial charge on any atom is -0.477 e. The fraction of sp³-hybridized carbons (Fsp3) is 0.0909. The molecule has 0 atom stereocenters. The van der Waals surface area contributed by atoms with Crippen LogP contribution in [0, 0.1) is 0 Å². The number of nitrogens with zero attached hydrogens (tertiary/aromatic N) is 1. The van der Waals surface area contributed by atoms with Crippen molar-refractivity contribution in [3.63, 3.8) is 0 Å². The molecule has 0 fully saturated rings. The van der Waals surface area contributed by atoms with E-state index in [1.165, 1.54) is 6.07 Å². The molecule has 1 aromatic heterocycles. The fourth-order valence-corrected chi connectivity index (χ4v) is 1.60. The second-order valence-corrected chi connectivity index (χ2v) is 3.28. The van der Waals surface area contributed by atoms with Gasteiger partial charge >= 0.3 is 5.97 Å². The van der Waals surface area contributed by atoms with Crippen molar-refractivity contribution in [1.82, 2.24) is 4.57 Å². The molecule has 0 aliphatic carbocycles. The number of aromatic nitrogens is 1. The largest absolute Gasteiger partial charge is 0.477 e. The summed E-state index contributed by atoms with van der Waals surface area (Å²) in [5, 5.41) is 9.02. The number of pyridine rings is 1. The van der Waals surface area contributed by atoms with E-state index >= 15 is 0 Å². The lowest BCUT2D eigenvalue weighted by molar-refractivity contribution is 0.0694. The van der Waals surface area contributed by atoms with E-state index in [1.54, 1.807) is 18.2 Å². The summed E-state index contributed by atoms with van der Waals surface area (Å²) in [5.41, 5.74) is -0.621. The van der Waals surface area contributed by atoms with Crippen molar-refractivity contribution >= 4 is 16.9 Å². The van der Waals surface area contributed by atoms with E-state index in [0.29, 0.717) is 5.52 Å². The maximum atomic E-state index is 12.7. The molecule has 2 rings (SSSR count). The number of benzene rings is 1. The standard InChI is InChI=1S/C11H8FNO3/c12-6-13-5-8(11(15)16)10(14)7-3-1-2-4-9(7)13/h1-5H,6H2,(H,15,16). The van der Waals surface area contributed by atoms with Gasteiger partial charge in [0.15, 0.2) is 6.80 Å². The van der Waals surface area contributed by atoms with Gasteiger partial charge < -0.3 is 9.67 Å². The third-order valence-corrected chi connectivity index (χ3v) is 2.35. The van der Waals surface area contributed by atoms with Gasteiger partial charge in [-0.25, -0.2) is 9.18 Å². The van der Waals surface area contributed by atoms with Crippen LogP contribution in [0.4, 0.5) is 4.39 Å². The summed E-state index contributed by atoms with van der Waals surface area (Å²) in [4.78, 5) is 22.5. The summed E-state index contributed by atoms with van der Waals surface area (Å²) in [5.74, 6) is -1.35. The molecule has 1 N–H and O–H groups in total. The van der Waals surface area contributed by atoms with E-state index in [4.69, 9.17) is 5.11 Å². The molecular formula is C11H8FNO3. The molecule has 16 heavy (non-hydrogen) atoms. The number of fused-ring (bicyclic) bond motifs is 1. The Balaban J connectivity index is 2.94. The molecule has 0 bridgehead atoms. The average Bonchev–Trinajstić information content (AvgIpc) is 2.29. The quantitative estimate of drug-likeness (QED) is 0.838. The van der Waals surface area contributed by atoms with Gasteiger partial charge in [0.1, 0.15) is 5.56 Å². The molecule has 0 spiro atoms. The second-order valence-electron chi connectivity index (χ2n) is 3.28. The minimum absolute atomic E-state index is 0.208. The van der Waals surface area contributed by atoms with Gasteiger partial charge in [0.2, 0.25) is 5.43 Å². The fourth-order valence-electron chi connectivity index (χ4n) is 1.60. The van der Waals surface area contributed by atoms with Gasteiger partial charge in [-0.1, -0.05) is 12.1 Å². The Bertz CT molecular complexity index is 618. The van der Waals surface area contributed by atoms with Gasteiger partial charge in [0, 0.05) is 11.6 Å². The summed E-state index contributed by atoms with van der Waals surface area (Å²) < 4.78 is 13.8. The van der Waals surface area contributed by atoms with E-state index < -0.39 is 23.8 Å². The van der Waals surface area contributed by atoms with E-state index in [0.717, 1.165) is 10.8 Å². The number of alkyl halides is 1. The van der Waals surface area contributed by atoms with Gasteiger partial charge in [0.25, 0.3) is 0 Å². The molecular weight excluding hydrogens is 213 g/mol. The molecule has 2 aromatic rings. The molecule has 5 heteroatoms. The van der Waals surface area contributed by atoms with Crippen LogP contribution in [0.2, 0.25) is 0 Å². The Kier molecular flexibility index (Phi) is 2.44. The van der Waals surface area contributed by atoms with Crippen molar-refractivity contribution in [2.75, 3.05) is 0 Å². The molecule has 0 unspecified atom stereocenters. The Morgan fingerprint density at radius 2 is 2.06 bits per heavy atom. The number of hydrogen-bond donors (Lipinski definition) is 1. The van der Waals surface area contributed by atoms with Crippen LogP contribution in [0.1, 0.15) is 10.4 Å². The monoisotopic (exact) mass is 221 g/mol. The van der Waals surface area contributed by atoms with Crippen LogP contribution < -0.4 is 5.43 Å². The predicted octanol–water partition coefficient (Wildman–Crippen LogP) is 1.63. The molecule has 0 saturated carbocycles. The lowest BCUT2D eigenvalue weighted by Crippen LogP contribution is -2.18. The number of carboxylic acid groups (broad SMARTS) is 1. The highest BCUT2D eigenvalue weighted by Crippen LogP contribution is 2.11. The van der Waals surface area contributed by atoms with E-state index in [1.807, 2.05) is 0 Å². The molecule has 1 aromatic carbocycles. The zero-order valence-corrected chi connectivity index (χ0v) is 8.18. The number of carboxylic acids is 1. The molecule has 1 heterocycles. The van der Waals surface area contributed by atoms with Gasteiger partial charge in [0.05, 0.1) is 5.52 Å². The zero-order chi connectivity index (χ0) is 11.7. The average molecular weight is 221 g/mol. The van der Waals surface area contributed by atoms with Gasteiger partial charge in [-0.3, -0.25) is 4.79 Å². The Morgan fingerprint density at radius 1 is 1.38 bits per heavy atom. The molecule has 0 amide bonds. The van der Waals surface area contributed by atoms with Crippen molar-refractivity contribution in [1.29, 1.82) is 0 Å². The van der Waals surface area contributed by atoms with Gasteiger partial charge in [-0.05, 0) is 12.1 Å². The third-order valence-electron chi connectivity index (χ3n) is 2.35. The van der Waals surface area contributed by atoms with Crippen LogP contribution in [0.25, 0.3) is 10.9 Å². The normalized spacial score (nSPS) is 10.6. The summed E-state index contributed by atoms with van der Waals surface area (Å²) >= 11 is 0. The molecule has 0 aliphatic heterocycles. The molecule has 4 nitrogen and oxygen atoms in total. The number of aromatic carboxylic acids is 1. The highest BCUT2D eigenvalue weighted by molar-refractivity contribution is 5.92. The summed E-state index contributed by atoms with van der Waals surface area (Å²) in [6.07, 6.45) is 1.02. The van der Waals surface area contributed by atoms with Crippen LogP contribution in [0.5, 0.6) is 0 Å². The van der Waals surface area contributed by atoms with Crippen LogP contribution in [0.3, 0.4) is 0 Å². The molecule has 0 radical (unpaired) electrons. The SMILES string of the molecule is O=C(O)c1cn(CF)c2ccccc2c1=O. The summed E-state index contributed by atoms with van der Waals surface area (Å²) in [7, 11) is 0. The molecule has 0 saturated heterocycles. The van der Waals surface area contributed by atoms with Gasteiger partial charge in [-0.2, -0.15) is 0 Å². The highest BCUT2D eigenvalue weighted by atomic mass is 19.1. The first kappa shape index (κ1) is 10.4.